The van der Waals surface area contributed by atoms with E-state index in [-0.39, 0.29) is 18.9 Å². The smallest absolute Gasteiger partial charge is 0.310 e. The molecule has 1 aromatic carbocycles. The molecule has 24 heavy (non-hydrogen) atoms. The first-order valence-corrected chi connectivity index (χ1v) is 8.41. The largest absolute Gasteiger partial charge is 0.464 e. The van der Waals surface area contributed by atoms with Crippen LogP contribution in [0.4, 0.5) is 0 Å². The number of rotatable bonds is 6. The van der Waals surface area contributed by atoms with E-state index in [4.69, 9.17) is 9.15 Å². The van der Waals surface area contributed by atoms with Gasteiger partial charge in [-0.1, -0.05) is 18.2 Å². The van der Waals surface area contributed by atoms with Crippen LogP contribution in [-0.4, -0.2) is 18.5 Å². The molecule has 0 fully saturated rings. The lowest BCUT2D eigenvalue weighted by Crippen LogP contribution is -2.28. The summed E-state index contributed by atoms with van der Waals surface area (Å²) in [6, 6.07) is 9.66. The molecule has 6 heteroatoms. The lowest BCUT2D eigenvalue weighted by Gasteiger charge is -2.05. The highest BCUT2D eigenvalue weighted by atomic mass is 32.1. The predicted octanol–water partition coefficient (Wildman–Crippen LogP) is 3.20. The summed E-state index contributed by atoms with van der Waals surface area (Å²) in [4.78, 5) is 24.7. The zero-order valence-electron chi connectivity index (χ0n) is 13.2. The van der Waals surface area contributed by atoms with E-state index in [9.17, 15) is 9.59 Å². The fourth-order valence-electron chi connectivity index (χ4n) is 2.33. The number of nitrogens with one attached hydrogen (secondary N) is 1. The van der Waals surface area contributed by atoms with Gasteiger partial charge in [-0.15, -0.1) is 11.3 Å². The Morgan fingerprint density at radius 3 is 2.96 bits per heavy atom. The van der Waals surface area contributed by atoms with E-state index in [2.05, 4.69) is 5.32 Å². The summed E-state index contributed by atoms with van der Waals surface area (Å²) in [5, 5.41) is 5.54. The first kappa shape index (κ1) is 16.3. The summed E-state index contributed by atoms with van der Waals surface area (Å²) >= 11 is 1.56. The maximum Gasteiger partial charge on any atom is 0.310 e. The SMILES string of the molecule is Cc1ccc2c(CC(=O)OCC(=O)NCc3cccs3)coc2c1. The van der Waals surface area contributed by atoms with Crippen LogP contribution in [0, 0.1) is 6.92 Å². The molecule has 0 saturated carbocycles. The molecule has 1 amide bonds. The number of carbonyl (C=O) groups is 2. The van der Waals surface area contributed by atoms with E-state index in [0.717, 1.165) is 27.0 Å². The van der Waals surface area contributed by atoms with Gasteiger partial charge in [0.25, 0.3) is 5.91 Å². The second-order valence-corrected chi connectivity index (χ2v) is 6.49. The Morgan fingerprint density at radius 1 is 1.29 bits per heavy atom. The van der Waals surface area contributed by atoms with E-state index < -0.39 is 5.97 Å². The van der Waals surface area contributed by atoms with E-state index >= 15 is 0 Å². The second-order valence-electron chi connectivity index (χ2n) is 5.45. The number of benzene rings is 1. The van der Waals surface area contributed by atoms with E-state index in [0.29, 0.717) is 6.54 Å². The number of hydrogen-bond acceptors (Lipinski definition) is 5. The first-order valence-electron chi connectivity index (χ1n) is 7.53. The van der Waals surface area contributed by atoms with Crippen molar-refractivity contribution in [1.29, 1.82) is 0 Å². The van der Waals surface area contributed by atoms with Crippen molar-refractivity contribution in [2.45, 2.75) is 19.9 Å². The third kappa shape index (κ3) is 4.02. The van der Waals surface area contributed by atoms with Crippen molar-refractivity contribution in [3.8, 4) is 0 Å². The van der Waals surface area contributed by atoms with Crippen LogP contribution < -0.4 is 5.32 Å². The highest BCUT2D eigenvalue weighted by Gasteiger charge is 2.13. The standard InChI is InChI=1S/C18H17NO4S/c1-12-4-5-15-13(10-22-16(15)7-12)8-18(21)23-11-17(20)19-9-14-3-2-6-24-14/h2-7,10H,8-9,11H2,1H3,(H,19,20). The van der Waals surface area contributed by atoms with E-state index in [1.54, 1.807) is 17.6 Å². The van der Waals surface area contributed by atoms with Gasteiger partial charge in [0.1, 0.15) is 5.58 Å². The zero-order chi connectivity index (χ0) is 16.9. The molecule has 0 aliphatic rings. The Bertz CT molecular complexity index is 851. The normalized spacial score (nSPS) is 10.7. The summed E-state index contributed by atoms with van der Waals surface area (Å²) in [6.45, 7) is 2.14. The molecular formula is C18H17NO4S. The van der Waals surface area contributed by atoms with Crippen molar-refractivity contribution in [2.24, 2.45) is 0 Å². The van der Waals surface area contributed by atoms with Crippen molar-refractivity contribution in [1.82, 2.24) is 5.32 Å². The molecule has 2 aromatic heterocycles. The number of ether oxygens (including phenoxy) is 1. The fourth-order valence-corrected chi connectivity index (χ4v) is 2.97. The maximum absolute atomic E-state index is 11.9. The summed E-state index contributed by atoms with van der Waals surface area (Å²) in [6.07, 6.45) is 1.64. The highest BCUT2D eigenvalue weighted by Crippen LogP contribution is 2.22. The van der Waals surface area contributed by atoms with Crippen LogP contribution in [-0.2, 0) is 27.3 Å². The minimum Gasteiger partial charge on any atom is -0.464 e. The van der Waals surface area contributed by atoms with Gasteiger partial charge in [0, 0.05) is 15.8 Å². The number of aryl methyl sites for hydroxylation is 1. The molecule has 124 valence electrons. The van der Waals surface area contributed by atoms with Crippen LogP contribution in [0.25, 0.3) is 11.0 Å². The number of amides is 1. The van der Waals surface area contributed by atoms with Crippen LogP contribution in [0.15, 0.2) is 46.4 Å². The minimum atomic E-state index is -0.454. The number of fused-ring (bicyclic) bond motifs is 1. The van der Waals surface area contributed by atoms with E-state index in [1.807, 2.05) is 42.6 Å². The van der Waals surface area contributed by atoms with Crippen molar-refractivity contribution < 1.29 is 18.7 Å². The monoisotopic (exact) mass is 343 g/mol. The Balaban J connectivity index is 1.49. The minimum absolute atomic E-state index is 0.0776. The van der Waals surface area contributed by atoms with Crippen LogP contribution in [0.5, 0.6) is 0 Å². The van der Waals surface area contributed by atoms with Crippen LogP contribution >= 0.6 is 11.3 Å². The van der Waals surface area contributed by atoms with Gasteiger partial charge in [0.05, 0.1) is 19.2 Å². The van der Waals surface area contributed by atoms with Crippen LogP contribution in [0.3, 0.4) is 0 Å². The Kier molecular flexibility index (Phi) is 4.96. The molecule has 3 aromatic rings. The number of esters is 1. The molecule has 0 atom stereocenters. The van der Waals surface area contributed by atoms with Gasteiger partial charge in [-0.05, 0) is 30.0 Å². The van der Waals surface area contributed by atoms with Gasteiger partial charge in [-0.25, -0.2) is 0 Å². The molecule has 1 N–H and O–H groups in total. The third-order valence-corrected chi connectivity index (χ3v) is 4.43. The molecule has 0 bridgehead atoms. The molecule has 0 saturated heterocycles. The summed E-state index contributed by atoms with van der Waals surface area (Å²) in [5.74, 6) is -0.769. The highest BCUT2D eigenvalue weighted by molar-refractivity contribution is 7.09. The maximum atomic E-state index is 11.9. The average molecular weight is 343 g/mol. The Hall–Kier alpha value is -2.60. The number of thiophene rings is 1. The molecule has 0 radical (unpaired) electrons. The van der Waals surface area contributed by atoms with Crippen molar-refractivity contribution in [3.05, 3.63) is 58.0 Å². The summed E-state index contributed by atoms with van der Waals surface area (Å²) < 4.78 is 10.5. The average Bonchev–Trinajstić information content (AvgIpc) is 3.21. The quantitative estimate of drug-likeness (QED) is 0.698. The van der Waals surface area contributed by atoms with Gasteiger partial charge >= 0.3 is 5.97 Å². The molecule has 2 heterocycles. The van der Waals surface area contributed by atoms with Crippen molar-refractivity contribution in [3.63, 3.8) is 0 Å². The molecular weight excluding hydrogens is 326 g/mol. The van der Waals surface area contributed by atoms with Gasteiger partial charge in [0.15, 0.2) is 6.61 Å². The summed E-state index contributed by atoms with van der Waals surface area (Å²) in [7, 11) is 0. The zero-order valence-corrected chi connectivity index (χ0v) is 14.0. The number of furan rings is 1. The first-order chi connectivity index (χ1) is 11.6. The second kappa shape index (κ2) is 7.31. The Morgan fingerprint density at radius 2 is 2.17 bits per heavy atom. The molecule has 0 aliphatic carbocycles. The Labute approximate surface area is 143 Å². The lowest BCUT2D eigenvalue weighted by atomic mass is 10.1. The number of hydrogen-bond donors (Lipinski definition) is 1. The summed E-state index contributed by atoms with van der Waals surface area (Å²) in [5.41, 5.74) is 2.59. The lowest BCUT2D eigenvalue weighted by molar-refractivity contribution is -0.147. The van der Waals surface area contributed by atoms with Crippen molar-refractivity contribution in [2.75, 3.05) is 6.61 Å². The van der Waals surface area contributed by atoms with Crippen LogP contribution in [0.1, 0.15) is 16.0 Å². The topological polar surface area (TPSA) is 68.5 Å². The van der Waals surface area contributed by atoms with E-state index in [1.165, 1.54) is 0 Å². The van der Waals surface area contributed by atoms with Gasteiger partial charge in [-0.3, -0.25) is 9.59 Å². The van der Waals surface area contributed by atoms with Crippen molar-refractivity contribution >= 4 is 34.2 Å². The fraction of sp³-hybridized carbons (Fsp3) is 0.222. The molecule has 0 aliphatic heterocycles. The van der Waals surface area contributed by atoms with Gasteiger partial charge in [0.2, 0.25) is 0 Å². The van der Waals surface area contributed by atoms with Crippen LogP contribution in [0.2, 0.25) is 0 Å². The number of carbonyl (C=O) groups excluding carboxylic acids is 2. The molecule has 0 spiro atoms. The van der Waals surface area contributed by atoms with Gasteiger partial charge < -0.3 is 14.5 Å². The predicted molar refractivity (Wildman–Crippen MR) is 91.8 cm³/mol. The molecule has 5 nitrogen and oxygen atoms in total. The third-order valence-electron chi connectivity index (χ3n) is 3.55. The molecule has 0 unspecified atom stereocenters. The van der Waals surface area contributed by atoms with Gasteiger partial charge in [-0.2, -0.15) is 0 Å². The molecule has 3 rings (SSSR count).